The van der Waals surface area contributed by atoms with Gasteiger partial charge in [0, 0.05) is 17.8 Å². The molecule has 0 aliphatic carbocycles. The molecule has 6 nitrogen and oxygen atoms in total. The largest absolute Gasteiger partial charge is 0.480 e. The molecule has 2 heterocycles. The molecule has 116 valence electrons. The monoisotopic (exact) mass is 322 g/mol. The Kier molecular flexibility index (Phi) is 4.99. The number of nitrogens with one attached hydrogen (secondary N) is 1. The van der Waals surface area contributed by atoms with Crippen molar-refractivity contribution in [1.82, 2.24) is 9.03 Å². The van der Waals surface area contributed by atoms with Gasteiger partial charge >= 0.3 is 5.97 Å². The smallest absolute Gasteiger partial charge is 0.322 e. The quantitative estimate of drug-likeness (QED) is 0.790. The molecular weight excluding hydrogens is 300 g/mol. The van der Waals surface area contributed by atoms with Gasteiger partial charge in [-0.3, -0.25) is 4.79 Å². The van der Waals surface area contributed by atoms with Crippen molar-refractivity contribution in [2.24, 2.45) is 0 Å². The first kappa shape index (κ1) is 16.1. The third-order valence-corrected chi connectivity index (χ3v) is 7.08. The Morgan fingerprint density at radius 1 is 1.45 bits per heavy atom. The molecule has 2 saturated heterocycles. The van der Waals surface area contributed by atoms with E-state index in [0.29, 0.717) is 13.0 Å². The van der Waals surface area contributed by atoms with Gasteiger partial charge in [0.2, 0.25) is 0 Å². The van der Waals surface area contributed by atoms with E-state index in [2.05, 4.69) is 11.6 Å². The predicted octanol–water partition coefficient (Wildman–Crippen LogP) is 1.05. The molecule has 0 bridgehead atoms. The third kappa shape index (κ3) is 3.66. The van der Waals surface area contributed by atoms with E-state index in [1.54, 1.807) is 11.8 Å². The third-order valence-electron chi connectivity index (χ3n) is 3.98. The fourth-order valence-electron chi connectivity index (χ4n) is 2.74. The topological polar surface area (TPSA) is 86.7 Å². The first-order valence-electron chi connectivity index (χ1n) is 6.97. The number of hydrogen-bond acceptors (Lipinski definition) is 4. The zero-order valence-corrected chi connectivity index (χ0v) is 13.3. The Hall–Kier alpha value is -0.310. The zero-order chi connectivity index (χ0) is 14.8. The second-order valence-electron chi connectivity index (χ2n) is 5.69. The molecule has 0 amide bonds. The molecule has 2 rings (SSSR count). The van der Waals surface area contributed by atoms with Crippen molar-refractivity contribution in [3.8, 4) is 0 Å². The molecule has 8 heteroatoms. The number of thioether (sulfide) groups is 1. The molecule has 20 heavy (non-hydrogen) atoms. The lowest BCUT2D eigenvalue weighted by Crippen LogP contribution is -2.53. The van der Waals surface area contributed by atoms with Crippen molar-refractivity contribution in [3.05, 3.63) is 0 Å². The Bertz CT molecular complexity index is 460. The molecule has 0 saturated carbocycles. The van der Waals surface area contributed by atoms with E-state index in [1.165, 1.54) is 0 Å². The van der Waals surface area contributed by atoms with Crippen molar-refractivity contribution in [2.75, 3.05) is 18.8 Å². The number of nitrogens with zero attached hydrogens (tertiary/aromatic N) is 1. The van der Waals surface area contributed by atoms with Crippen molar-refractivity contribution in [1.29, 1.82) is 0 Å². The van der Waals surface area contributed by atoms with E-state index in [9.17, 15) is 13.2 Å². The highest BCUT2D eigenvalue weighted by atomic mass is 32.2. The molecule has 2 fully saturated rings. The molecule has 2 N–H and O–H groups in total. The van der Waals surface area contributed by atoms with Crippen LogP contribution >= 0.6 is 11.8 Å². The van der Waals surface area contributed by atoms with Gasteiger partial charge in [0.05, 0.1) is 0 Å². The number of hydrogen-bond donors (Lipinski definition) is 2. The minimum atomic E-state index is -3.71. The Labute approximate surface area is 124 Å². The second-order valence-corrected chi connectivity index (χ2v) is 9.08. The van der Waals surface area contributed by atoms with Crippen LogP contribution in [0.25, 0.3) is 0 Å². The molecule has 2 unspecified atom stereocenters. The van der Waals surface area contributed by atoms with Crippen LogP contribution in [0.4, 0.5) is 0 Å². The number of piperidine rings is 1. The number of carboxylic acids is 1. The minimum Gasteiger partial charge on any atom is -0.480 e. The van der Waals surface area contributed by atoms with Crippen LogP contribution in [0.3, 0.4) is 0 Å². The number of carbonyl (C=O) groups is 1. The SMILES string of the molecule is CC1(CNS(=O)(=O)N2CCCCC2C(=O)O)CCCS1. The summed E-state index contributed by atoms with van der Waals surface area (Å²) in [6.45, 7) is 2.71. The maximum atomic E-state index is 12.3. The molecule has 0 aromatic heterocycles. The summed E-state index contributed by atoms with van der Waals surface area (Å²) in [4.78, 5) is 11.2. The van der Waals surface area contributed by atoms with E-state index in [1.807, 2.05) is 0 Å². The van der Waals surface area contributed by atoms with E-state index in [-0.39, 0.29) is 11.3 Å². The Balaban J connectivity index is 2.02. The summed E-state index contributed by atoms with van der Waals surface area (Å²) in [7, 11) is -3.71. The van der Waals surface area contributed by atoms with Crippen LogP contribution < -0.4 is 4.72 Å². The van der Waals surface area contributed by atoms with Crippen LogP contribution in [0.5, 0.6) is 0 Å². The van der Waals surface area contributed by atoms with Crippen LogP contribution in [0.1, 0.15) is 39.0 Å². The van der Waals surface area contributed by atoms with Gasteiger partial charge in [0.25, 0.3) is 10.2 Å². The lowest BCUT2D eigenvalue weighted by atomic mass is 10.1. The summed E-state index contributed by atoms with van der Waals surface area (Å²) in [5.41, 5.74) is 0. The van der Waals surface area contributed by atoms with E-state index in [0.717, 1.165) is 35.7 Å². The Morgan fingerprint density at radius 3 is 2.80 bits per heavy atom. The molecule has 0 spiro atoms. The van der Waals surface area contributed by atoms with Crippen molar-refractivity contribution in [3.63, 3.8) is 0 Å². The van der Waals surface area contributed by atoms with Crippen LogP contribution in [-0.2, 0) is 15.0 Å². The summed E-state index contributed by atoms with van der Waals surface area (Å²) in [5, 5.41) is 9.16. The van der Waals surface area contributed by atoms with Gasteiger partial charge < -0.3 is 5.11 Å². The zero-order valence-electron chi connectivity index (χ0n) is 11.7. The maximum Gasteiger partial charge on any atom is 0.322 e. The Morgan fingerprint density at radius 2 is 2.20 bits per heavy atom. The number of aliphatic carboxylic acids is 1. The van der Waals surface area contributed by atoms with Crippen molar-refractivity contribution >= 4 is 27.9 Å². The fraction of sp³-hybridized carbons (Fsp3) is 0.917. The highest BCUT2D eigenvalue weighted by Gasteiger charge is 2.38. The fourth-order valence-corrected chi connectivity index (χ4v) is 5.65. The van der Waals surface area contributed by atoms with Gasteiger partial charge in [0.1, 0.15) is 6.04 Å². The van der Waals surface area contributed by atoms with E-state index >= 15 is 0 Å². The van der Waals surface area contributed by atoms with Crippen LogP contribution in [0.2, 0.25) is 0 Å². The second kappa shape index (κ2) is 6.21. The number of rotatable bonds is 5. The molecule has 0 aromatic carbocycles. The van der Waals surface area contributed by atoms with Gasteiger partial charge in [-0.1, -0.05) is 0 Å². The summed E-state index contributed by atoms with van der Waals surface area (Å²) in [5.74, 6) is -0.00352. The molecule has 0 aromatic rings. The van der Waals surface area contributed by atoms with Gasteiger partial charge in [-0.2, -0.15) is 24.5 Å². The number of carboxylic acid groups (broad SMARTS) is 1. The standard InChI is InChI=1S/C12H22N2O4S2/c1-12(6-4-8-19-12)9-13-20(17,18)14-7-3-2-5-10(14)11(15)16/h10,13H,2-9H2,1H3,(H,15,16). The molecule has 2 aliphatic rings. The van der Waals surface area contributed by atoms with Gasteiger partial charge in [-0.05, 0) is 44.8 Å². The minimum absolute atomic E-state index is 0.0679. The first-order valence-corrected chi connectivity index (χ1v) is 9.40. The predicted molar refractivity (Wildman–Crippen MR) is 79.0 cm³/mol. The van der Waals surface area contributed by atoms with Crippen molar-refractivity contribution < 1.29 is 18.3 Å². The maximum absolute atomic E-state index is 12.3. The summed E-state index contributed by atoms with van der Waals surface area (Å²) < 4.78 is 28.3. The van der Waals surface area contributed by atoms with Gasteiger partial charge in [-0.15, -0.1) is 0 Å². The van der Waals surface area contributed by atoms with Crippen molar-refractivity contribution in [2.45, 2.75) is 49.8 Å². The highest BCUT2D eigenvalue weighted by Crippen LogP contribution is 2.37. The van der Waals surface area contributed by atoms with E-state index in [4.69, 9.17) is 5.11 Å². The summed E-state index contributed by atoms with van der Waals surface area (Å²) in [6, 6.07) is -0.926. The molecule has 0 radical (unpaired) electrons. The lowest BCUT2D eigenvalue weighted by molar-refractivity contribution is -0.142. The van der Waals surface area contributed by atoms with Gasteiger partial charge in [-0.25, -0.2) is 4.72 Å². The van der Waals surface area contributed by atoms with Gasteiger partial charge in [0.15, 0.2) is 0 Å². The first-order chi connectivity index (χ1) is 9.34. The van der Waals surface area contributed by atoms with E-state index < -0.39 is 22.2 Å². The molecular formula is C12H22N2O4S2. The summed E-state index contributed by atoms with van der Waals surface area (Å²) >= 11 is 1.78. The van der Waals surface area contributed by atoms with Crippen LogP contribution in [0.15, 0.2) is 0 Å². The van der Waals surface area contributed by atoms with Crippen LogP contribution in [-0.4, -0.2) is 53.4 Å². The molecule has 2 atom stereocenters. The average Bonchev–Trinajstić information content (AvgIpc) is 2.84. The summed E-state index contributed by atoms with van der Waals surface area (Å²) in [6.07, 6.45) is 3.96. The molecule has 2 aliphatic heterocycles. The van der Waals surface area contributed by atoms with Crippen LogP contribution in [0, 0.1) is 0 Å². The highest BCUT2D eigenvalue weighted by molar-refractivity contribution is 8.00. The average molecular weight is 322 g/mol. The normalized spacial score (nSPS) is 32.4. The lowest BCUT2D eigenvalue weighted by Gasteiger charge is -2.33.